The van der Waals surface area contributed by atoms with E-state index in [2.05, 4.69) is 22.4 Å². The minimum atomic E-state index is -0.237. The molecule has 1 atom stereocenters. The summed E-state index contributed by atoms with van der Waals surface area (Å²) in [7, 11) is 0. The summed E-state index contributed by atoms with van der Waals surface area (Å²) in [5.74, 6) is 1.34. The van der Waals surface area contributed by atoms with Crippen LogP contribution >= 0.6 is 11.8 Å². The van der Waals surface area contributed by atoms with Gasteiger partial charge in [-0.15, -0.1) is 16.9 Å². The number of aryl methyl sites for hydroxylation is 1. The second-order valence-electron chi connectivity index (χ2n) is 4.16. The van der Waals surface area contributed by atoms with Crippen molar-refractivity contribution in [3.63, 3.8) is 0 Å². The van der Waals surface area contributed by atoms with Gasteiger partial charge in [-0.2, -0.15) is 0 Å². The third-order valence-corrected chi connectivity index (χ3v) is 3.96. The molecule has 6 nitrogen and oxygen atoms in total. The summed E-state index contributed by atoms with van der Waals surface area (Å²) in [4.78, 5) is 11.0. The SMILES string of the molecule is CCCCC(CC(N)=O)SCc1nnnn1CC. The number of tetrazole rings is 1. The summed E-state index contributed by atoms with van der Waals surface area (Å²) < 4.78 is 1.77. The van der Waals surface area contributed by atoms with Crippen molar-refractivity contribution < 1.29 is 4.79 Å². The normalized spacial score (nSPS) is 12.6. The maximum absolute atomic E-state index is 11.0. The summed E-state index contributed by atoms with van der Waals surface area (Å²) >= 11 is 1.71. The van der Waals surface area contributed by atoms with Crippen LogP contribution in [0.1, 0.15) is 45.4 Å². The van der Waals surface area contributed by atoms with Gasteiger partial charge in [0.05, 0.1) is 5.75 Å². The van der Waals surface area contributed by atoms with Crippen LogP contribution in [-0.2, 0) is 17.1 Å². The first-order chi connectivity index (χ1) is 8.67. The van der Waals surface area contributed by atoms with E-state index in [1.807, 2.05) is 6.92 Å². The molecular formula is C11H21N5OS. The van der Waals surface area contributed by atoms with Crippen LogP contribution < -0.4 is 5.73 Å². The Labute approximate surface area is 112 Å². The Morgan fingerprint density at radius 3 is 2.89 bits per heavy atom. The molecular weight excluding hydrogens is 250 g/mol. The fourth-order valence-electron chi connectivity index (χ4n) is 1.67. The Bertz CT molecular complexity index is 368. The minimum absolute atomic E-state index is 0.237. The van der Waals surface area contributed by atoms with E-state index in [-0.39, 0.29) is 11.2 Å². The Morgan fingerprint density at radius 1 is 1.50 bits per heavy atom. The Balaban J connectivity index is 2.47. The maximum Gasteiger partial charge on any atom is 0.218 e. The van der Waals surface area contributed by atoms with Crippen LogP contribution in [0, 0.1) is 0 Å². The molecule has 0 fully saturated rings. The lowest BCUT2D eigenvalue weighted by Crippen LogP contribution is -2.18. The van der Waals surface area contributed by atoms with Crippen molar-refractivity contribution in [2.24, 2.45) is 5.73 Å². The average Bonchev–Trinajstić information content (AvgIpc) is 2.79. The van der Waals surface area contributed by atoms with Gasteiger partial charge in [-0.1, -0.05) is 19.8 Å². The van der Waals surface area contributed by atoms with E-state index < -0.39 is 0 Å². The van der Waals surface area contributed by atoms with Gasteiger partial charge in [0.25, 0.3) is 0 Å². The van der Waals surface area contributed by atoms with Crippen molar-refractivity contribution in [3.8, 4) is 0 Å². The van der Waals surface area contributed by atoms with E-state index >= 15 is 0 Å². The summed E-state index contributed by atoms with van der Waals surface area (Å²) in [5, 5.41) is 11.8. The van der Waals surface area contributed by atoms with Gasteiger partial charge < -0.3 is 5.73 Å². The van der Waals surface area contributed by atoms with Crippen molar-refractivity contribution in [3.05, 3.63) is 5.82 Å². The monoisotopic (exact) mass is 271 g/mol. The van der Waals surface area contributed by atoms with E-state index in [1.54, 1.807) is 16.4 Å². The van der Waals surface area contributed by atoms with Gasteiger partial charge >= 0.3 is 0 Å². The van der Waals surface area contributed by atoms with Gasteiger partial charge in [0.2, 0.25) is 5.91 Å². The fourth-order valence-corrected chi connectivity index (χ4v) is 2.87. The van der Waals surface area contributed by atoms with Crippen LogP contribution in [0.4, 0.5) is 0 Å². The second kappa shape index (κ2) is 8.07. The third-order valence-electron chi connectivity index (χ3n) is 2.66. The topological polar surface area (TPSA) is 86.7 Å². The number of primary amides is 1. The van der Waals surface area contributed by atoms with Crippen LogP contribution in [0.2, 0.25) is 0 Å². The standard InChI is InChI=1S/C11H21N5OS/c1-3-5-6-9(7-10(12)17)18-8-11-13-14-15-16(11)4-2/h9H,3-8H2,1-2H3,(H2,12,17). The molecule has 1 rings (SSSR count). The first-order valence-corrected chi connectivity index (χ1v) is 7.37. The second-order valence-corrected chi connectivity index (χ2v) is 5.45. The Morgan fingerprint density at radius 2 is 2.28 bits per heavy atom. The van der Waals surface area contributed by atoms with E-state index in [4.69, 9.17) is 5.73 Å². The molecule has 0 aromatic carbocycles. The van der Waals surface area contributed by atoms with Gasteiger partial charge in [-0.25, -0.2) is 4.68 Å². The van der Waals surface area contributed by atoms with E-state index in [0.717, 1.165) is 37.4 Å². The van der Waals surface area contributed by atoms with Crippen LogP contribution in [0.5, 0.6) is 0 Å². The van der Waals surface area contributed by atoms with Crippen molar-refractivity contribution in [2.75, 3.05) is 0 Å². The first kappa shape index (κ1) is 14.9. The van der Waals surface area contributed by atoms with Crippen LogP contribution in [-0.4, -0.2) is 31.4 Å². The molecule has 1 heterocycles. The highest BCUT2D eigenvalue weighted by Crippen LogP contribution is 2.23. The molecule has 18 heavy (non-hydrogen) atoms. The predicted octanol–water partition coefficient (Wildman–Crippen LogP) is 1.36. The lowest BCUT2D eigenvalue weighted by atomic mass is 10.1. The first-order valence-electron chi connectivity index (χ1n) is 6.32. The zero-order chi connectivity index (χ0) is 13.4. The number of nitrogens with zero attached hydrogens (tertiary/aromatic N) is 4. The van der Waals surface area contributed by atoms with Gasteiger partial charge in [-0.3, -0.25) is 4.79 Å². The van der Waals surface area contributed by atoms with Gasteiger partial charge in [0.15, 0.2) is 5.82 Å². The Hall–Kier alpha value is -1.11. The number of amides is 1. The number of unbranched alkanes of at least 4 members (excludes halogenated alkanes) is 1. The molecule has 0 radical (unpaired) electrons. The van der Waals surface area contributed by atoms with E-state index in [0.29, 0.717) is 6.42 Å². The molecule has 0 saturated carbocycles. The zero-order valence-corrected chi connectivity index (χ0v) is 11.8. The summed E-state index contributed by atoms with van der Waals surface area (Å²) in [5.41, 5.74) is 5.27. The smallest absolute Gasteiger partial charge is 0.218 e. The summed E-state index contributed by atoms with van der Waals surface area (Å²) in [6, 6.07) is 0. The van der Waals surface area contributed by atoms with Crippen LogP contribution in [0.3, 0.4) is 0 Å². The van der Waals surface area contributed by atoms with E-state index in [9.17, 15) is 4.79 Å². The number of aromatic nitrogens is 4. The van der Waals surface area contributed by atoms with Gasteiger partial charge in [0, 0.05) is 18.2 Å². The van der Waals surface area contributed by atoms with Crippen LogP contribution in [0.25, 0.3) is 0 Å². The molecule has 7 heteroatoms. The molecule has 2 N–H and O–H groups in total. The molecule has 1 unspecified atom stereocenters. The quantitative estimate of drug-likeness (QED) is 0.732. The van der Waals surface area contributed by atoms with Gasteiger partial charge in [-0.05, 0) is 23.8 Å². The minimum Gasteiger partial charge on any atom is -0.370 e. The molecule has 102 valence electrons. The van der Waals surface area contributed by atoms with Crippen molar-refractivity contribution in [1.29, 1.82) is 0 Å². The van der Waals surface area contributed by atoms with Crippen molar-refractivity contribution >= 4 is 17.7 Å². The molecule has 0 aliphatic heterocycles. The maximum atomic E-state index is 11.0. The molecule has 0 aliphatic rings. The predicted molar refractivity (Wildman–Crippen MR) is 71.9 cm³/mol. The Kier molecular flexibility index (Phi) is 6.70. The molecule has 0 spiro atoms. The number of hydrogen-bond donors (Lipinski definition) is 1. The van der Waals surface area contributed by atoms with Crippen LogP contribution in [0.15, 0.2) is 0 Å². The number of carbonyl (C=O) groups excluding carboxylic acids is 1. The highest BCUT2D eigenvalue weighted by molar-refractivity contribution is 7.99. The number of hydrogen-bond acceptors (Lipinski definition) is 5. The molecule has 0 aliphatic carbocycles. The zero-order valence-electron chi connectivity index (χ0n) is 11.0. The number of thioether (sulfide) groups is 1. The molecule has 0 saturated heterocycles. The van der Waals surface area contributed by atoms with Crippen molar-refractivity contribution in [1.82, 2.24) is 20.2 Å². The lowest BCUT2D eigenvalue weighted by molar-refractivity contribution is -0.118. The summed E-state index contributed by atoms with van der Waals surface area (Å²) in [6.45, 7) is 4.91. The highest BCUT2D eigenvalue weighted by Gasteiger charge is 2.14. The third kappa shape index (κ3) is 5.03. The average molecular weight is 271 g/mol. The molecule has 1 aromatic rings. The number of carbonyl (C=O) groups is 1. The lowest BCUT2D eigenvalue weighted by Gasteiger charge is -2.13. The fraction of sp³-hybridized carbons (Fsp3) is 0.818. The number of nitrogens with two attached hydrogens (primary N) is 1. The molecule has 0 bridgehead atoms. The highest BCUT2D eigenvalue weighted by atomic mass is 32.2. The molecule has 1 aromatic heterocycles. The largest absolute Gasteiger partial charge is 0.370 e. The number of rotatable bonds is 9. The van der Waals surface area contributed by atoms with E-state index in [1.165, 1.54) is 0 Å². The molecule has 1 amide bonds. The van der Waals surface area contributed by atoms with Gasteiger partial charge in [0.1, 0.15) is 0 Å². The van der Waals surface area contributed by atoms with Crippen molar-refractivity contribution in [2.45, 2.75) is 57.1 Å². The summed E-state index contributed by atoms with van der Waals surface area (Å²) in [6.07, 6.45) is 3.68.